The number of allylic oxidation sites excluding steroid dienone is 2. The molecule has 0 fully saturated rings. The molecule has 0 amide bonds. The Morgan fingerprint density at radius 2 is 2.00 bits per heavy atom. The summed E-state index contributed by atoms with van der Waals surface area (Å²) < 4.78 is 5.18. The van der Waals surface area contributed by atoms with E-state index in [0.29, 0.717) is 0 Å². The Hall–Kier alpha value is -1.05. The average molecular weight is 224 g/mol. The Labute approximate surface area is 99.4 Å². The summed E-state index contributed by atoms with van der Waals surface area (Å²) in [5, 5.41) is 0. The third-order valence-electron chi connectivity index (χ3n) is 2.37. The molecule has 0 aliphatic carbocycles. The molecule has 0 saturated heterocycles. The summed E-state index contributed by atoms with van der Waals surface area (Å²) in [5.41, 5.74) is 0. The first kappa shape index (κ1) is 14.9. The van der Waals surface area contributed by atoms with Gasteiger partial charge in [0.25, 0.3) is 0 Å². The van der Waals surface area contributed by atoms with Crippen molar-refractivity contribution in [1.82, 2.24) is 0 Å². The summed E-state index contributed by atoms with van der Waals surface area (Å²) in [4.78, 5) is 10.8. The summed E-state index contributed by atoms with van der Waals surface area (Å²) in [5.74, 6) is -0.199. The van der Waals surface area contributed by atoms with Gasteiger partial charge in [0, 0.05) is 6.92 Å². The molecule has 0 spiro atoms. The van der Waals surface area contributed by atoms with Crippen LogP contribution < -0.4 is 0 Å². The quantitative estimate of drug-likeness (QED) is 0.336. The molecule has 0 aromatic rings. The molecule has 16 heavy (non-hydrogen) atoms. The van der Waals surface area contributed by atoms with Gasteiger partial charge < -0.3 is 4.74 Å². The molecule has 2 nitrogen and oxygen atoms in total. The van der Waals surface area contributed by atoms with E-state index in [0.717, 1.165) is 19.3 Å². The van der Waals surface area contributed by atoms with Crippen molar-refractivity contribution in [1.29, 1.82) is 0 Å². The van der Waals surface area contributed by atoms with Crippen molar-refractivity contribution in [2.45, 2.75) is 58.5 Å². The van der Waals surface area contributed by atoms with E-state index in [4.69, 9.17) is 4.74 Å². The van der Waals surface area contributed by atoms with E-state index >= 15 is 0 Å². The molecule has 2 heteroatoms. The maximum atomic E-state index is 10.8. The standard InChI is InChI=1S/C14H24O2/c1-4-6-7-8-9-10-12-14(11-5-2)16-13(3)15/h4-5,11,14H,1,6-10,12H2,2-3H3/b11-5+. The van der Waals surface area contributed by atoms with Crippen LogP contribution in [-0.4, -0.2) is 12.1 Å². The lowest BCUT2D eigenvalue weighted by atomic mass is 10.1. The van der Waals surface area contributed by atoms with Crippen molar-refractivity contribution in [3.05, 3.63) is 24.8 Å². The van der Waals surface area contributed by atoms with Crippen LogP contribution in [0.2, 0.25) is 0 Å². The van der Waals surface area contributed by atoms with E-state index in [1.54, 1.807) is 0 Å². The van der Waals surface area contributed by atoms with Crippen molar-refractivity contribution in [2.75, 3.05) is 0 Å². The molecule has 1 atom stereocenters. The van der Waals surface area contributed by atoms with Crippen LogP contribution in [0.4, 0.5) is 0 Å². The monoisotopic (exact) mass is 224 g/mol. The SMILES string of the molecule is C=CCCCCCCC(/C=C/C)OC(C)=O. The first-order valence-corrected chi connectivity index (χ1v) is 6.11. The van der Waals surface area contributed by atoms with Crippen LogP contribution in [0.15, 0.2) is 24.8 Å². The van der Waals surface area contributed by atoms with Gasteiger partial charge in [-0.2, -0.15) is 0 Å². The van der Waals surface area contributed by atoms with E-state index < -0.39 is 0 Å². The van der Waals surface area contributed by atoms with Crippen molar-refractivity contribution < 1.29 is 9.53 Å². The maximum Gasteiger partial charge on any atom is 0.303 e. The molecular formula is C14H24O2. The van der Waals surface area contributed by atoms with E-state index in [9.17, 15) is 4.79 Å². The fourth-order valence-electron chi connectivity index (χ4n) is 1.61. The number of ether oxygens (including phenoxy) is 1. The van der Waals surface area contributed by atoms with Gasteiger partial charge in [0.05, 0.1) is 0 Å². The van der Waals surface area contributed by atoms with Gasteiger partial charge >= 0.3 is 5.97 Å². The zero-order valence-electron chi connectivity index (χ0n) is 10.6. The Kier molecular flexibility index (Phi) is 9.78. The van der Waals surface area contributed by atoms with Crippen molar-refractivity contribution in [2.24, 2.45) is 0 Å². The van der Waals surface area contributed by atoms with Crippen molar-refractivity contribution in [3.8, 4) is 0 Å². The Morgan fingerprint density at radius 1 is 1.31 bits per heavy atom. The number of hydrogen-bond donors (Lipinski definition) is 0. The third-order valence-corrected chi connectivity index (χ3v) is 2.37. The van der Waals surface area contributed by atoms with E-state index in [1.165, 1.54) is 26.2 Å². The van der Waals surface area contributed by atoms with Crippen molar-refractivity contribution in [3.63, 3.8) is 0 Å². The highest BCUT2D eigenvalue weighted by molar-refractivity contribution is 5.66. The Bertz CT molecular complexity index is 219. The summed E-state index contributed by atoms with van der Waals surface area (Å²) in [6.45, 7) is 7.10. The van der Waals surface area contributed by atoms with Crippen LogP contribution in [0, 0.1) is 0 Å². The minimum Gasteiger partial charge on any atom is -0.458 e. The number of esters is 1. The minimum atomic E-state index is -0.199. The topological polar surface area (TPSA) is 26.3 Å². The second-order valence-electron chi connectivity index (χ2n) is 3.95. The smallest absolute Gasteiger partial charge is 0.303 e. The third kappa shape index (κ3) is 9.50. The van der Waals surface area contributed by atoms with Gasteiger partial charge in [-0.25, -0.2) is 0 Å². The lowest BCUT2D eigenvalue weighted by Gasteiger charge is -2.12. The first-order chi connectivity index (χ1) is 7.70. The van der Waals surface area contributed by atoms with E-state index in [2.05, 4.69) is 6.58 Å². The molecule has 1 unspecified atom stereocenters. The number of carbonyl (C=O) groups excluding carboxylic acids is 1. The van der Waals surface area contributed by atoms with Gasteiger partial charge in [-0.15, -0.1) is 6.58 Å². The van der Waals surface area contributed by atoms with Crippen LogP contribution in [0.3, 0.4) is 0 Å². The number of unbranched alkanes of at least 4 members (excludes halogenated alkanes) is 4. The average Bonchev–Trinajstić information content (AvgIpc) is 2.22. The van der Waals surface area contributed by atoms with Gasteiger partial charge in [-0.05, 0) is 38.7 Å². The van der Waals surface area contributed by atoms with Gasteiger partial charge in [0.1, 0.15) is 6.10 Å². The molecule has 0 saturated carbocycles. The van der Waals surface area contributed by atoms with E-state index in [-0.39, 0.29) is 12.1 Å². The zero-order chi connectivity index (χ0) is 12.2. The second kappa shape index (κ2) is 10.5. The molecule has 0 rings (SSSR count). The number of carbonyl (C=O) groups is 1. The lowest BCUT2D eigenvalue weighted by molar-refractivity contribution is -0.144. The van der Waals surface area contributed by atoms with Gasteiger partial charge in [-0.3, -0.25) is 4.79 Å². The van der Waals surface area contributed by atoms with E-state index in [1.807, 2.05) is 25.2 Å². The largest absolute Gasteiger partial charge is 0.458 e. The zero-order valence-corrected chi connectivity index (χ0v) is 10.6. The van der Waals surface area contributed by atoms with Gasteiger partial charge in [-0.1, -0.05) is 25.0 Å². The Balaban J connectivity index is 3.59. The summed E-state index contributed by atoms with van der Waals surface area (Å²) in [6, 6.07) is 0. The van der Waals surface area contributed by atoms with Gasteiger partial charge in [0.15, 0.2) is 0 Å². The maximum absolute atomic E-state index is 10.8. The Morgan fingerprint density at radius 3 is 2.56 bits per heavy atom. The summed E-state index contributed by atoms with van der Waals surface area (Å²) >= 11 is 0. The number of rotatable bonds is 9. The van der Waals surface area contributed by atoms with Crippen LogP contribution in [0.5, 0.6) is 0 Å². The predicted octanol–water partition coefficient (Wildman–Crippen LogP) is 4.02. The first-order valence-electron chi connectivity index (χ1n) is 6.11. The molecule has 0 aliphatic heterocycles. The van der Waals surface area contributed by atoms with Crippen LogP contribution in [-0.2, 0) is 9.53 Å². The molecule has 0 aromatic carbocycles. The molecule has 0 radical (unpaired) electrons. The molecule has 0 bridgehead atoms. The van der Waals surface area contributed by atoms with Gasteiger partial charge in [0.2, 0.25) is 0 Å². The fraction of sp³-hybridized carbons (Fsp3) is 0.643. The van der Waals surface area contributed by atoms with Crippen molar-refractivity contribution >= 4 is 5.97 Å². The second-order valence-corrected chi connectivity index (χ2v) is 3.95. The molecule has 0 aromatic heterocycles. The van der Waals surface area contributed by atoms with Crippen LogP contribution >= 0.6 is 0 Å². The highest BCUT2D eigenvalue weighted by Gasteiger charge is 2.06. The molecule has 0 heterocycles. The molecular weight excluding hydrogens is 200 g/mol. The highest BCUT2D eigenvalue weighted by atomic mass is 16.5. The summed E-state index contributed by atoms with van der Waals surface area (Å²) in [6.07, 6.45) is 12.6. The number of hydrogen-bond acceptors (Lipinski definition) is 2. The minimum absolute atomic E-state index is 0.0399. The lowest BCUT2D eigenvalue weighted by Crippen LogP contribution is -2.13. The van der Waals surface area contributed by atoms with Crippen LogP contribution in [0.25, 0.3) is 0 Å². The van der Waals surface area contributed by atoms with Crippen LogP contribution in [0.1, 0.15) is 52.4 Å². The molecule has 0 N–H and O–H groups in total. The predicted molar refractivity (Wildman–Crippen MR) is 68.3 cm³/mol. The normalized spacial score (nSPS) is 12.6. The molecule has 92 valence electrons. The molecule has 0 aliphatic rings. The fourth-order valence-corrected chi connectivity index (χ4v) is 1.61. The summed E-state index contributed by atoms with van der Waals surface area (Å²) in [7, 11) is 0. The highest BCUT2D eigenvalue weighted by Crippen LogP contribution is 2.11.